The van der Waals surface area contributed by atoms with Gasteiger partial charge in [0.05, 0.1) is 17.3 Å². The van der Waals surface area contributed by atoms with E-state index >= 15 is 0 Å². The number of aromatic nitrogens is 4. The number of carboxylic acid groups (broad SMARTS) is 1. The fourth-order valence-electron chi connectivity index (χ4n) is 2.53. The third-order valence-electron chi connectivity index (χ3n) is 3.68. The lowest BCUT2D eigenvalue weighted by atomic mass is 10.0. The first-order chi connectivity index (χ1) is 13.8. The van der Waals surface area contributed by atoms with Gasteiger partial charge >= 0.3 is 11.9 Å². The van der Waals surface area contributed by atoms with Gasteiger partial charge in [-0.2, -0.15) is 0 Å². The summed E-state index contributed by atoms with van der Waals surface area (Å²) in [6.45, 7) is 1.91. The number of nitrogens with one attached hydrogen (secondary N) is 2. The van der Waals surface area contributed by atoms with Crippen molar-refractivity contribution in [2.24, 2.45) is 0 Å². The van der Waals surface area contributed by atoms with Gasteiger partial charge in [0.25, 0.3) is 11.2 Å². The number of carbonyl (C=O) groups is 2. The number of thioether (sulfide) groups is 1. The molecular weight excluding hydrogens is 406 g/mol. The largest absolute Gasteiger partial charge is 0.477 e. The lowest BCUT2D eigenvalue weighted by Crippen LogP contribution is -2.12. The Morgan fingerprint density at radius 1 is 1.31 bits per heavy atom. The highest BCUT2D eigenvalue weighted by Crippen LogP contribution is 2.29. The highest BCUT2D eigenvalue weighted by Gasteiger charge is 2.26. The molecule has 0 saturated carbocycles. The van der Waals surface area contributed by atoms with Crippen molar-refractivity contribution in [2.75, 3.05) is 12.4 Å². The van der Waals surface area contributed by atoms with E-state index in [1.165, 1.54) is 12.1 Å². The lowest BCUT2D eigenvalue weighted by Gasteiger charge is -2.05. The van der Waals surface area contributed by atoms with E-state index in [9.17, 15) is 29.6 Å². The first-order valence-corrected chi connectivity index (χ1v) is 9.10. The lowest BCUT2D eigenvalue weighted by molar-refractivity contribution is -0.385. The van der Waals surface area contributed by atoms with Gasteiger partial charge in [0, 0.05) is 11.6 Å². The fourth-order valence-corrected chi connectivity index (χ4v) is 3.19. The van der Waals surface area contributed by atoms with Crippen LogP contribution in [0.5, 0.6) is 0 Å². The second kappa shape index (κ2) is 8.10. The molecule has 150 valence electrons. The number of nitro benzene ring substituents is 1. The number of fused-ring (bicyclic) bond motifs is 1. The number of H-pyrrole nitrogens is 2. The SMILES string of the molecule is CCOC(=O)CSc1nc2nc(-c3cccc([N+](=O)[O-])c3C(=O)O)[nH]c(=O)c2[nH]1. The molecule has 1 aromatic carbocycles. The zero-order chi connectivity index (χ0) is 21.1. The predicted octanol–water partition coefficient (Wildman–Crippen LogP) is 1.57. The summed E-state index contributed by atoms with van der Waals surface area (Å²) in [6.07, 6.45) is 0. The quantitative estimate of drug-likeness (QED) is 0.220. The summed E-state index contributed by atoms with van der Waals surface area (Å²) in [5.74, 6) is -2.21. The van der Waals surface area contributed by atoms with Crippen LogP contribution in [0.1, 0.15) is 17.3 Å². The molecule has 0 amide bonds. The summed E-state index contributed by atoms with van der Waals surface area (Å²) < 4.78 is 4.81. The van der Waals surface area contributed by atoms with Gasteiger partial charge in [-0.3, -0.25) is 19.7 Å². The summed E-state index contributed by atoms with van der Waals surface area (Å²) >= 11 is 1.00. The number of nitrogens with zero attached hydrogens (tertiary/aromatic N) is 3. The Hall–Kier alpha value is -3.74. The molecule has 3 rings (SSSR count). The maximum atomic E-state index is 12.4. The highest BCUT2D eigenvalue weighted by atomic mass is 32.2. The molecule has 12 nitrogen and oxygen atoms in total. The summed E-state index contributed by atoms with van der Waals surface area (Å²) in [7, 11) is 0. The number of hydrogen-bond acceptors (Lipinski definition) is 9. The number of carbonyl (C=O) groups excluding carboxylic acids is 1. The van der Waals surface area contributed by atoms with Gasteiger partial charge in [0.15, 0.2) is 16.3 Å². The number of esters is 1. The highest BCUT2D eigenvalue weighted by molar-refractivity contribution is 7.99. The zero-order valence-corrected chi connectivity index (χ0v) is 15.6. The summed E-state index contributed by atoms with van der Waals surface area (Å²) in [4.78, 5) is 59.1. The first kappa shape index (κ1) is 20.0. The second-order valence-electron chi connectivity index (χ2n) is 5.51. The number of aromatic amines is 2. The zero-order valence-electron chi connectivity index (χ0n) is 14.8. The molecule has 0 aliphatic rings. The molecule has 2 heterocycles. The van der Waals surface area contributed by atoms with E-state index in [0.717, 1.165) is 17.8 Å². The van der Waals surface area contributed by atoms with Gasteiger partial charge in [-0.25, -0.2) is 14.8 Å². The molecule has 0 spiro atoms. The van der Waals surface area contributed by atoms with Crippen LogP contribution in [0.15, 0.2) is 28.2 Å². The molecule has 0 unspecified atom stereocenters. The Kier molecular flexibility index (Phi) is 5.59. The Morgan fingerprint density at radius 2 is 2.07 bits per heavy atom. The third-order valence-corrected chi connectivity index (χ3v) is 4.53. The van der Waals surface area contributed by atoms with Gasteiger partial charge in [-0.05, 0) is 13.0 Å². The average molecular weight is 419 g/mol. The van der Waals surface area contributed by atoms with Crippen molar-refractivity contribution in [2.45, 2.75) is 12.1 Å². The van der Waals surface area contributed by atoms with Crippen LogP contribution in [0.4, 0.5) is 5.69 Å². The Bertz CT molecular complexity index is 1190. The minimum absolute atomic E-state index is 0.0161. The Labute approximate surface area is 165 Å². The molecule has 13 heteroatoms. The van der Waals surface area contributed by atoms with Crippen molar-refractivity contribution in [1.82, 2.24) is 19.9 Å². The van der Waals surface area contributed by atoms with Gasteiger partial charge < -0.3 is 19.8 Å². The minimum Gasteiger partial charge on any atom is -0.477 e. The molecule has 0 aliphatic carbocycles. The van der Waals surface area contributed by atoms with E-state index in [-0.39, 0.29) is 40.1 Å². The van der Waals surface area contributed by atoms with Crippen LogP contribution in [-0.2, 0) is 9.53 Å². The number of aromatic carboxylic acids is 1. The molecule has 0 bridgehead atoms. The number of nitro groups is 1. The van der Waals surface area contributed by atoms with Crippen LogP contribution in [0, 0.1) is 10.1 Å². The van der Waals surface area contributed by atoms with E-state index in [0.29, 0.717) is 0 Å². The molecule has 3 aromatic rings. The Morgan fingerprint density at radius 3 is 2.72 bits per heavy atom. The van der Waals surface area contributed by atoms with Crippen LogP contribution >= 0.6 is 11.8 Å². The van der Waals surface area contributed by atoms with Crippen molar-refractivity contribution in [3.8, 4) is 11.4 Å². The monoisotopic (exact) mass is 419 g/mol. The number of imidazole rings is 1. The average Bonchev–Trinajstić information content (AvgIpc) is 3.09. The second-order valence-corrected chi connectivity index (χ2v) is 6.47. The maximum Gasteiger partial charge on any atom is 0.343 e. The van der Waals surface area contributed by atoms with Crippen LogP contribution in [-0.4, -0.2) is 54.3 Å². The first-order valence-electron chi connectivity index (χ1n) is 8.11. The number of carboxylic acids is 1. The molecule has 29 heavy (non-hydrogen) atoms. The molecule has 0 radical (unpaired) electrons. The van der Waals surface area contributed by atoms with E-state index in [4.69, 9.17) is 4.74 Å². The number of benzene rings is 1. The van der Waals surface area contributed by atoms with E-state index in [1.54, 1.807) is 6.92 Å². The molecular formula is C16H13N5O7S. The molecule has 0 aliphatic heterocycles. The number of ether oxygens (including phenoxy) is 1. The van der Waals surface area contributed by atoms with Gasteiger partial charge in [-0.15, -0.1) is 0 Å². The van der Waals surface area contributed by atoms with E-state index < -0.39 is 33.7 Å². The van der Waals surface area contributed by atoms with Crippen LogP contribution in [0.2, 0.25) is 0 Å². The van der Waals surface area contributed by atoms with Crippen molar-refractivity contribution >= 4 is 40.6 Å². The normalized spacial score (nSPS) is 10.8. The molecule has 0 fully saturated rings. The van der Waals surface area contributed by atoms with Crippen LogP contribution < -0.4 is 5.56 Å². The standard InChI is InChI=1S/C16H13N5O7S/c1-2-28-9(22)6-29-16-17-11-13(20-16)18-12(19-14(11)23)7-4-3-5-8(21(26)27)10(7)15(24)25/h3-5H,2,6H2,1H3,(H,24,25)(H2,17,18,19,20,23). The van der Waals surface area contributed by atoms with Gasteiger partial charge in [0.2, 0.25) is 0 Å². The van der Waals surface area contributed by atoms with Gasteiger partial charge in [0.1, 0.15) is 11.4 Å². The van der Waals surface area contributed by atoms with E-state index in [2.05, 4.69) is 19.9 Å². The van der Waals surface area contributed by atoms with Crippen molar-refractivity contribution in [1.29, 1.82) is 0 Å². The summed E-state index contributed by atoms with van der Waals surface area (Å²) in [6, 6.07) is 3.63. The maximum absolute atomic E-state index is 12.4. The van der Waals surface area contributed by atoms with Gasteiger partial charge in [-0.1, -0.05) is 17.8 Å². The number of hydrogen-bond donors (Lipinski definition) is 3. The topological polar surface area (TPSA) is 181 Å². The Balaban J connectivity index is 2.05. The minimum atomic E-state index is -1.54. The van der Waals surface area contributed by atoms with Crippen LogP contribution in [0.25, 0.3) is 22.6 Å². The predicted molar refractivity (Wildman–Crippen MR) is 101 cm³/mol. The summed E-state index contributed by atoms with van der Waals surface area (Å²) in [5.41, 5.74) is -2.03. The van der Waals surface area contributed by atoms with Crippen molar-refractivity contribution < 1.29 is 24.4 Å². The summed E-state index contributed by atoms with van der Waals surface area (Å²) in [5, 5.41) is 20.8. The molecule has 3 N–H and O–H groups in total. The molecule has 0 saturated heterocycles. The van der Waals surface area contributed by atoms with Crippen molar-refractivity contribution in [3.63, 3.8) is 0 Å². The molecule has 2 aromatic heterocycles. The number of rotatable bonds is 7. The van der Waals surface area contributed by atoms with Crippen LogP contribution in [0.3, 0.4) is 0 Å². The fraction of sp³-hybridized carbons (Fsp3) is 0.188. The smallest absolute Gasteiger partial charge is 0.343 e. The molecule has 0 atom stereocenters. The third kappa shape index (κ3) is 4.08. The van der Waals surface area contributed by atoms with E-state index in [1.807, 2.05) is 0 Å². The van der Waals surface area contributed by atoms with Crippen molar-refractivity contribution in [3.05, 3.63) is 44.2 Å².